The highest BCUT2D eigenvalue weighted by Gasteiger charge is 2.47. The molecule has 0 spiro atoms. The highest BCUT2D eigenvalue weighted by molar-refractivity contribution is 7.91. The molecule has 3 aliphatic heterocycles. The van der Waals surface area contributed by atoms with Crippen LogP contribution in [0.25, 0.3) is 0 Å². The van der Waals surface area contributed by atoms with Crippen molar-refractivity contribution in [3.8, 4) is 0 Å². The van der Waals surface area contributed by atoms with Crippen LogP contribution >= 0.6 is 0 Å². The first-order valence-corrected chi connectivity index (χ1v) is 12.0. The molecule has 0 amide bonds. The van der Waals surface area contributed by atoms with Crippen LogP contribution in [-0.4, -0.2) is 78.5 Å². The number of hydrogen-bond acceptors (Lipinski definition) is 7. The number of alkyl halides is 3. The zero-order valence-corrected chi connectivity index (χ0v) is 18.3. The summed E-state index contributed by atoms with van der Waals surface area (Å²) in [5.41, 5.74) is 1.79. The van der Waals surface area contributed by atoms with Gasteiger partial charge in [0.25, 0.3) is 0 Å². The van der Waals surface area contributed by atoms with Crippen molar-refractivity contribution in [2.75, 3.05) is 37.6 Å². The number of anilines is 1. The molecule has 0 saturated carbocycles. The highest BCUT2D eigenvalue weighted by Crippen LogP contribution is 2.39. The lowest BCUT2D eigenvalue weighted by Gasteiger charge is -2.32. The third kappa shape index (κ3) is 5.28. The molecule has 4 rings (SSSR count). The molecule has 0 aromatic carbocycles. The first-order valence-electron chi connectivity index (χ1n) is 10.3. The Bertz CT molecular complexity index is 925. The van der Waals surface area contributed by atoms with Crippen molar-refractivity contribution in [3.63, 3.8) is 0 Å². The number of carbonyl (C=O) groups is 1. The van der Waals surface area contributed by atoms with E-state index in [9.17, 15) is 21.6 Å². The second kappa shape index (κ2) is 8.89. The van der Waals surface area contributed by atoms with E-state index in [-0.39, 0.29) is 16.9 Å². The predicted octanol–water partition coefficient (Wildman–Crippen LogP) is 2.06. The van der Waals surface area contributed by atoms with Crippen molar-refractivity contribution in [3.05, 3.63) is 17.5 Å². The van der Waals surface area contributed by atoms with Crippen LogP contribution in [0, 0.1) is 5.92 Å². The second-order valence-electron chi connectivity index (χ2n) is 8.38. The average molecular weight is 465 g/mol. The van der Waals surface area contributed by atoms with Crippen molar-refractivity contribution in [2.24, 2.45) is 5.92 Å². The molecule has 0 radical (unpaired) electrons. The fraction of sp³-hybridized carbons (Fsp3) is 0.737. The number of hydrogen-bond donors (Lipinski definition) is 1. The molecule has 31 heavy (non-hydrogen) atoms. The first kappa shape index (κ1) is 23.7. The van der Waals surface area contributed by atoms with Crippen molar-refractivity contribution < 1.29 is 31.5 Å². The van der Waals surface area contributed by atoms with Crippen molar-refractivity contribution in [1.82, 2.24) is 14.9 Å². The minimum absolute atomic E-state index is 0.00247. The summed E-state index contributed by atoms with van der Waals surface area (Å²) in [6.07, 6.45) is -0.888. The standard InChI is InChI=1S/C17H26N4O2S.C2HF3O2/c1-3-20-9-14-15(10-20)24(22,23)11-13-7-18-17(19-16(13)14)21-6-4-5-12(2)8-21;3-2(4,5)1(6)7/h7,12,14-15H,3-6,8-11H2,1-2H3;(H,6,7)/t12?,14-,15+;/m0./s1. The third-order valence-electron chi connectivity index (χ3n) is 6.03. The van der Waals surface area contributed by atoms with Crippen LogP contribution < -0.4 is 4.90 Å². The van der Waals surface area contributed by atoms with Gasteiger partial charge < -0.3 is 14.9 Å². The summed E-state index contributed by atoms with van der Waals surface area (Å²) in [6, 6.07) is 0. The lowest BCUT2D eigenvalue weighted by Crippen LogP contribution is -2.38. The predicted molar refractivity (Wildman–Crippen MR) is 108 cm³/mol. The quantitative estimate of drug-likeness (QED) is 0.710. The number of halogens is 3. The Labute approximate surface area is 179 Å². The number of aromatic nitrogens is 2. The molecule has 3 atom stereocenters. The molecule has 12 heteroatoms. The minimum atomic E-state index is -5.08. The van der Waals surface area contributed by atoms with Crippen LogP contribution in [0.1, 0.15) is 43.9 Å². The second-order valence-corrected chi connectivity index (χ2v) is 10.6. The Morgan fingerprint density at radius 1 is 1.29 bits per heavy atom. The van der Waals surface area contributed by atoms with Crippen LogP contribution in [-0.2, 0) is 20.4 Å². The Morgan fingerprint density at radius 2 is 1.97 bits per heavy atom. The number of likely N-dealkylation sites (N-methyl/N-ethyl adjacent to an activating group) is 1. The van der Waals surface area contributed by atoms with Gasteiger partial charge in [-0.3, -0.25) is 0 Å². The Kier molecular flexibility index (Phi) is 6.80. The van der Waals surface area contributed by atoms with Gasteiger partial charge >= 0.3 is 12.1 Å². The van der Waals surface area contributed by atoms with Gasteiger partial charge in [-0.05, 0) is 25.3 Å². The third-order valence-corrected chi connectivity index (χ3v) is 8.14. The molecule has 4 heterocycles. The summed E-state index contributed by atoms with van der Waals surface area (Å²) >= 11 is 0. The molecule has 1 N–H and O–H groups in total. The van der Waals surface area contributed by atoms with Gasteiger partial charge in [-0.1, -0.05) is 13.8 Å². The average Bonchev–Trinajstić information content (AvgIpc) is 3.13. The maximum atomic E-state index is 12.6. The van der Waals surface area contributed by atoms with Gasteiger partial charge in [0.05, 0.1) is 16.7 Å². The van der Waals surface area contributed by atoms with E-state index in [0.717, 1.165) is 43.4 Å². The minimum Gasteiger partial charge on any atom is -0.475 e. The monoisotopic (exact) mass is 464 g/mol. The van der Waals surface area contributed by atoms with Crippen LogP contribution in [0.2, 0.25) is 0 Å². The molecule has 2 saturated heterocycles. The van der Waals surface area contributed by atoms with Crippen LogP contribution in [0.5, 0.6) is 0 Å². The fourth-order valence-corrected chi connectivity index (χ4v) is 6.45. The van der Waals surface area contributed by atoms with E-state index in [2.05, 4.69) is 28.6 Å². The number of piperidine rings is 1. The first-order chi connectivity index (χ1) is 14.4. The number of aliphatic carboxylic acids is 1. The zero-order valence-electron chi connectivity index (χ0n) is 17.5. The SMILES string of the molecule is CCN1C[C@@H]2c3nc(N4CCCC(C)C4)ncc3CS(=O)(=O)[C@@H]2C1.O=C(O)C(F)(F)F. The maximum Gasteiger partial charge on any atom is 0.490 e. The number of sulfone groups is 1. The van der Waals surface area contributed by atoms with Gasteiger partial charge in [0.15, 0.2) is 9.84 Å². The summed E-state index contributed by atoms with van der Waals surface area (Å²) in [6.45, 7) is 8.67. The fourth-order valence-electron chi connectivity index (χ4n) is 4.43. The van der Waals surface area contributed by atoms with Crippen LogP contribution in [0.15, 0.2) is 6.20 Å². The largest absolute Gasteiger partial charge is 0.490 e. The lowest BCUT2D eigenvalue weighted by atomic mass is 9.99. The highest BCUT2D eigenvalue weighted by atomic mass is 32.2. The van der Waals surface area contributed by atoms with Crippen molar-refractivity contribution >= 4 is 21.8 Å². The molecular formula is C19H27F3N4O4S. The van der Waals surface area contributed by atoms with E-state index in [4.69, 9.17) is 14.9 Å². The summed E-state index contributed by atoms with van der Waals surface area (Å²) in [5, 5.41) is 6.83. The van der Waals surface area contributed by atoms with E-state index in [0.29, 0.717) is 12.5 Å². The topological polar surface area (TPSA) is 104 Å². The van der Waals surface area contributed by atoms with Gasteiger partial charge in [0.1, 0.15) is 0 Å². The van der Waals surface area contributed by atoms with Crippen molar-refractivity contribution in [1.29, 1.82) is 0 Å². The van der Waals surface area contributed by atoms with E-state index in [1.54, 1.807) is 6.20 Å². The Hall–Kier alpha value is -1.95. The Balaban J connectivity index is 0.000000339. The molecule has 0 aliphatic carbocycles. The van der Waals surface area contributed by atoms with Crippen LogP contribution in [0.4, 0.5) is 19.1 Å². The van der Waals surface area contributed by atoms with Crippen LogP contribution in [0.3, 0.4) is 0 Å². The molecule has 8 nitrogen and oxygen atoms in total. The number of carboxylic acid groups (broad SMARTS) is 1. The summed E-state index contributed by atoms with van der Waals surface area (Å²) in [5.74, 6) is -1.21. The molecule has 1 unspecified atom stereocenters. The van der Waals surface area contributed by atoms with E-state index < -0.39 is 22.0 Å². The number of likely N-dealkylation sites (tertiary alicyclic amines) is 1. The molecule has 174 valence electrons. The summed E-state index contributed by atoms with van der Waals surface area (Å²) in [4.78, 5) is 22.8. The zero-order chi connectivity index (χ0) is 23.0. The van der Waals surface area contributed by atoms with Gasteiger partial charge in [0.2, 0.25) is 5.95 Å². The molecular weight excluding hydrogens is 437 g/mol. The van der Waals surface area contributed by atoms with E-state index >= 15 is 0 Å². The molecule has 2 fully saturated rings. The van der Waals surface area contributed by atoms with Crippen molar-refractivity contribution in [2.45, 2.75) is 49.8 Å². The summed E-state index contributed by atoms with van der Waals surface area (Å²) in [7, 11) is -3.10. The lowest BCUT2D eigenvalue weighted by molar-refractivity contribution is -0.192. The molecule has 0 bridgehead atoms. The Morgan fingerprint density at radius 3 is 2.55 bits per heavy atom. The maximum absolute atomic E-state index is 12.6. The molecule has 1 aromatic rings. The molecule has 3 aliphatic rings. The summed E-state index contributed by atoms with van der Waals surface area (Å²) < 4.78 is 57.0. The van der Waals surface area contributed by atoms with Gasteiger partial charge in [-0.25, -0.2) is 23.2 Å². The number of fused-ring (bicyclic) bond motifs is 3. The van der Waals surface area contributed by atoms with E-state index in [1.807, 2.05) is 0 Å². The number of rotatable bonds is 2. The van der Waals surface area contributed by atoms with Gasteiger partial charge in [0, 0.05) is 43.9 Å². The van der Waals surface area contributed by atoms with Gasteiger partial charge in [-0.15, -0.1) is 0 Å². The normalized spacial score (nSPS) is 27.6. The number of nitrogens with zero attached hydrogens (tertiary/aromatic N) is 4. The van der Waals surface area contributed by atoms with E-state index in [1.165, 1.54) is 12.8 Å². The smallest absolute Gasteiger partial charge is 0.475 e. The van der Waals surface area contributed by atoms with Gasteiger partial charge in [-0.2, -0.15) is 13.2 Å². The number of carboxylic acids is 1. The molecule has 1 aromatic heterocycles.